The predicted octanol–water partition coefficient (Wildman–Crippen LogP) is 2.15. The number of amides is 1. The SMILES string of the molecule is CCOC(=O)N1CCN(C(=NC)NCC(C)c2ccccc2OC)CC1. The van der Waals surface area contributed by atoms with Crippen molar-refractivity contribution in [3.05, 3.63) is 29.8 Å². The van der Waals surface area contributed by atoms with E-state index in [2.05, 4.69) is 28.2 Å². The number of nitrogens with one attached hydrogen (secondary N) is 1. The van der Waals surface area contributed by atoms with E-state index < -0.39 is 0 Å². The Morgan fingerprint density at radius 1 is 1.23 bits per heavy atom. The maximum Gasteiger partial charge on any atom is 0.409 e. The minimum Gasteiger partial charge on any atom is -0.496 e. The Morgan fingerprint density at radius 2 is 1.88 bits per heavy atom. The molecule has 0 aliphatic carbocycles. The van der Waals surface area contributed by atoms with Gasteiger partial charge >= 0.3 is 6.09 Å². The van der Waals surface area contributed by atoms with Crippen LogP contribution in [0.4, 0.5) is 4.79 Å². The molecule has 1 unspecified atom stereocenters. The lowest BCUT2D eigenvalue weighted by atomic mass is 10.0. The molecule has 1 aliphatic heterocycles. The molecule has 1 N–H and O–H groups in total. The van der Waals surface area contributed by atoms with Gasteiger partial charge in [-0.2, -0.15) is 0 Å². The van der Waals surface area contributed by atoms with E-state index in [1.165, 1.54) is 5.56 Å². The number of ether oxygens (including phenoxy) is 2. The van der Waals surface area contributed by atoms with Crippen molar-refractivity contribution in [1.29, 1.82) is 0 Å². The fourth-order valence-corrected chi connectivity index (χ4v) is 3.08. The van der Waals surface area contributed by atoms with Gasteiger partial charge in [0.1, 0.15) is 5.75 Å². The summed E-state index contributed by atoms with van der Waals surface area (Å²) in [4.78, 5) is 20.1. The third-order valence-electron chi connectivity index (χ3n) is 4.55. The molecule has 1 atom stereocenters. The predicted molar refractivity (Wildman–Crippen MR) is 103 cm³/mol. The molecule has 1 aromatic rings. The summed E-state index contributed by atoms with van der Waals surface area (Å²) in [5.74, 6) is 2.04. The first-order chi connectivity index (χ1) is 12.6. The van der Waals surface area contributed by atoms with E-state index >= 15 is 0 Å². The van der Waals surface area contributed by atoms with Gasteiger partial charge in [0, 0.05) is 45.7 Å². The molecule has 1 heterocycles. The van der Waals surface area contributed by atoms with Gasteiger partial charge in [0.05, 0.1) is 13.7 Å². The third-order valence-corrected chi connectivity index (χ3v) is 4.55. The van der Waals surface area contributed by atoms with E-state index in [9.17, 15) is 4.79 Å². The van der Waals surface area contributed by atoms with E-state index in [1.54, 1.807) is 19.1 Å². The van der Waals surface area contributed by atoms with Crippen LogP contribution in [0.15, 0.2) is 29.3 Å². The molecule has 0 bridgehead atoms. The Labute approximate surface area is 156 Å². The number of guanidine groups is 1. The number of nitrogens with zero attached hydrogens (tertiary/aromatic N) is 3. The number of para-hydroxylation sites is 1. The molecule has 1 aromatic carbocycles. The molecule has 2 rings (SSSR count). The van der Waals surface area contributed by atoms with Gasteiger partial charge in [-0.1, -0.05) is 25.1 Å². The van der Waals surface area contributed by atoms with Gasteiger partial charge in [0.15, 0.2) is 5.96 Å². The topological polar surface area (TPSA) is 66.4 Å². The summed E-state index contributed by atoms with van der Waals surface area (Å²) in [5, 5.41) is 3.44. The number of carbonyl (C=O) groups is 1. The van der Waals surface area contributed by atoms with Crippen molar-refractivity contribution in [1.82, 2.24) is 15.1 Å². The molecule has 0 radical (unpaired) electrons. The van der Waals surface area contributed by atoms with Crippen LogP contribution in [-0.4, -0.2) is 75.3 Å². The molecule has 1 amide bonds. The smallest absolute Gasteiger partial charge is 0.409 e. The van der Waals surface area contributed by atoms with Crippen molar-refractivity contribution in [3.63, 3.8) is 0 Å². The molecule has 26 heavy (non-hydrogen) atoms. The number of rotatable bonds is 5. The number of piperazine rings is 1. The van der Waals surface area contributed by atoms with Gasteiger partial charge < -0.3 is 24.6 Å². The van der Waals surface area contributed by atoms with Gasteiger partial charge in [-0.15, -0.1) is 0 Å². The van der Waals surface area contributed by atoms with Gasteiger partial charge in [-0.25, -0.2) is 4.79 Å². The minimum absolute atomic E-state index is 0.236. The maximum absolute atomic E-state index is 11.8. The number of hydrogen-bond donors (Lipinski definition) is 1. The first-order valence-electron chi connectivity index (χ1n) is 9.10. The summed E-state index contributed by atoms with van der Waals surface area (Å²) < 4.78 is 10.5. The molecule has 1 aliphatic rings. The Kier molecular flexibility index (Phi) is 7.56. The van der Waals surface area contributed by atoms with E-state index in [4.69, 9.17) is 9.47 Å². The zero-order valence-corrected chi connectivity index (χ0v) is 16.2. The first kappa shape index (κ1) is 19.9. The fourth-order valence-electron chi connectivity index (χ4n) is 3.08. The molecule has 7 nitrogen and oxygen atoms in total. The van der Waals surface area contributed by atoms with E-state index in [0.29, 0.717) is 19.7 Å². The summed E-state index contributed by atoms with van der Waals surface area (Å²) in [5.41, 5.74) is 1.17. The van der Waals surface area contributed by atoms with Crippen molar-refractivity contribution < 1.29 is 14.3 Å². The van der Waals surface area contributed by atoms with Crippen molar-refractivity contribution in [2.45, 2.75) is 19.8 Å². The van der Waals surface area contributed by atoms with Gasteiger partial charge in [-0.3, -0.25) is 4.99 Å². The van der Waals surface area contributed by atoms with Crippen LogP contribution in [0.1, 0.15) is 25.3 Å². The number of carbonyl (C=O) groups excluding carboxylic acids is 1. The van der Waals surface area contributed by atoms with Gasteiger partial charge in [0.2, 0.25) is 0 Å². The monoisotopic (exact) mass is 362 g/mol. The van der Waals surface area contributed by atoms with Gasteiger partial charge in [0.25, 0.3) is 0 Å². The molecule has 1 saturated heterocycles. The normalized spacial score (nSPS) is 16.2. The highest BCUT2D eigenvalue weighted by atomic mass is 16.6. The largest absolute Gasteiger partial charge is 0.496 e. The van der Waals surface area contributed by atoms with E-state index in [1.807, 2.05) is 25.1 Å². The van der Waals surface area contributed by atoms with Crippen LogP contribution < -0.4 is 10.1 Å². The fraction of sp³-hybridized carbons (Fsp3) is 0.579. The lowest BCUT2D eigenvalue weighted by molar-refractivity contribution is 0.0914. The zero-order valence-electron chi connectivity index (χ0n) is 16.2. The Morgan fingerprint density at radius 3 is 2.50 bits per heavy atom. The van der Waals surface area contributed by atoms with Crippen LogP contribution in [0.25, 0.3) is 0 Å². The maximum atomic E-state index is 11.8. The Balaban J connectivity index is 1.87. The van der Waals surface area contributed by atoms with Crippen LogP contribution >= 0.6 is 0 Å². The number of aliphatic imine (C=N–C) groups is 1. The van der Waals surface area contributed by atoms with Crippen LogP contribution in [0.3, 0.4) is 0 Å². The Hall–Kier alpha value is -2.44. The van der Waals surface area contributed by atoms with E-state index in [-0.39, 0.29) is 12.0 Å². The first-order valence-corrected chi connectivity index (χ1v) is 9.10. The molecule has 1 fully saturated rings. The van der Waals surface area contributed by atoms with Crippen LogP contribution in [0.5, 0.6) is 5.75 Å². The molecule has 0 aromatic heterocycles. The highest BCUT2D eigenvalue weighted by molar-refractivity contribution is 5.80. The second kappa shape index (κ2) is 9.89. The molecular formula is C19H30N4O3. The summed E-state index contributed by atoms with van der Waals surface area (Å²) in [6.45, 7) is 7.90. The average molecular weight is 362 g/mol. The minimum atomic E-state index is -0.236. The van der Waals surface area contributed by atoms with Crippen molar-refractivity contribution in [2.75, 3.05) is 53.5 Å². The third kappa shape index (κ3) is 5.03. The zero-order chi connectivity index (χ0) is 18.9. The number of methoxy groups -OCH3 is 1. The van der Waals surface area contributed by atoms with E-state index in [0.717, 1.165) is 31.3 Å². The number of benzene rings is 1. The summed E-state index contributed by atoms with van der Waals surface area (Å²) in [6, 6.07) is 8.07. The standard InChI is InChI=1S/C19H30N4O3/c1-5-26-19(24)23-12-10-22(11-13-23)18(20-3)21-14-15(2)16-8-6-7-9-17(16)25-4/h6-9,15H,5,10-14H2,1-4H3,(H,20,21). The molecule has 0 spiro atoms. The lowest BCUT2D eigenvalue weighted by Crippen LogP contribution is -2.54. The van der Waals surface area contributed by atoms with Crippen LogP contribution in [-0.2, 0) is 4.74 Å². The highest BCUT2D eigenvalue weighted by Gasteiger charge is 2.24. The van der Waals surface area contributed by atoms with Gasteiger partial charge in [-0.05, 0) is 18.6 Å². The van der Waals surface area contributed by atoms with Crippen molar-refractivity contribution >= 4 is 12.1 Å². The second-order valence-corrected chi connectivity index (χ2v) is 6.24. The quantitative estimate of drug-likeness (QED) is 0.642. The van der Waals surface area contributed by atoms with Crippen molar-refractivity contribution in [2.24, 2.45) is 4.99 Å². The van der Waals surface area contributed by atoms with Crippen molar-refractivity contribution in [3.8, 4) is 5.75 Å². The van der Waals surface area contributed by atoms with Crippen LogP contribution in [0.2, 0.25) is 0 Å². The molecule has 144 valence electrons. The highest BCUT2D eigenvalue weighted by Crippen LogP contribution is 2.25. The summed E-state index contributed by atoms with van der Waals surface area (Å²) in [7, 11) is 3.48. The number of hydrogen-bond acceptors (Lipinski definition) is 4. The molecular weight excluding hydrogens is 332 g/mol. The summed E-state index contributed by atoms with van der Waals surface area (Å²) in [6.07, 6.45) is -0.236. The summed E-state index contributed by atoms with van der Waals surface area (Å²) >= 11 is 0. The molecule has 7 heteroatoms. The second-order valence-electron chi connectivity index (χ2n) is 6.24. The Bertz CT molecular complexity index is 613. The van der Waals surface area contributed by atoms with Crippen LogP contribution in [0, 0.1) is 0 Å². The average Bonchev–Trinajstić information content (AvgIpc) is 2.68. The molecule has 0 saturated carbocycles. The lowest BCUT2D eigenvalue weighted by Gasteiger charge is -2.36.